The van der Waals surface area contributed by atoms with E-state index >= 15 is 0 Å². The van der Waals surface area contributed by atoms with E-state index in [0.717, 1.165) is 15.6 Å². The van der Waals surface area contributed by atoms with Crippen molar-refractivity contribution in [2.75, 3.05) is 16.9 Å². The van der Waals surface area contributed by atoms with Gasteiger partial charge < -0.3 is 0 Å². The second-order valence-corrected chi connectivity index (χ2v) is 5.82. The SMILES string of the molecule is CC1=NN(CCBr)c2nc3c(c(=O)n(C)c(=O)n3C)n2C1. The smallest absolute Gasteiger partial charge is 0.297 e. The molecule has 112 valence electrons. The van der Waals surface area contributed by atoms with Gasteiger partial charge in [0.15, 0.2) is 11.2 Å². The monoisotopic (exact) mass is 354 g/mol. The zero-order chi connectivity index (χ0) is 15.3. The molecule has 3 rings (SSSR count). The maximum atomic E-state index is 12.4. The summed E-state index contributed by atoms with van der Waals surface area (Å²) in [6.07, 6.45) is 0. The standard InChI is InChI=1S/C12H15BrN6O2/c1-7-6-18-8-9(14-11(18)19(15-7)5-4-13)16(2)12(21)17(3)10(8)20/h4-6H2,1-3H3. The van der Waals surface area contributed by atoms with Crippen molar-refractivity contribution in [1.82, 2.24) is 18.7 Å². The van der Waals surface area contributed by atoms with Gasteiger partial charge in [-0.05, 0) is 6.92 Å². The summed E-state index contributed by atoms with van der Waals surface area (Å²) in [5, 5.41) is 6.93. The topological polar surface area (TPSA) is 77.4 Å². The molecular formula is C12H15BrN6O2. The summed E-state index contributed by atoms with van der Waals surface area (Å²) in [6.45, 7) is 3.04. The van der Waals surface area contributed by atoms with Gasteiger partial charge in [-0.1, -0.05) is 15.9 Å². The summed E-state index contributed by atoms with van der Waals surface area (Å²) in [5.74, 6) is 0.591. The van der Waals surface area contributed by atoms with Gasteiger partial charge in [0.2, 0.25) is 5.95 Å². The molecule has 3 heterocycles. The maximum absolute atomic E-state index is 12.4. The highest BCUT2D eigenvalue weighted by molar-refractivity contribution is 9.09. The molecule has 0 radical (unpaired) electrons. The molecule has 0 saturated carbocycles. The number of rotatable bonds is 2. The van der Waals surface area contributed by atoms with Crippen molar-refractivity contribution in [2.45, 2.75) is 13.5 Å². The predicted molar refractivity (Wildman–Crippen MR) is 84.5 cm³/mol. The van der Waals surface area contributed by atoms with Gasteiger partial charge in [0.05, 0.1) is 18.8 Å². The molecule has 8 nitrogen and oxygen atoms in total. The molecule has 0 aromatic carbocycles. The van der Waals surface area contributed by atoms with Crippen LogP contribution in [0.3, 0.4) is 0 Å². The van der Waals surface area contributed by atoms with Gasteiger partial charge in [0.25, 0.3) is 5.56 Å². The van der Waals surface area contributed by atoms with Crippen LogP contribution in [0.2, 0.25) is 0 Å². The zero-order valence-electron chi connectivity index (χ0n) is 12.0. The molecule has 0 bridgehead atoms. The molecule has 21 heavy (non-hydrogen) atoms. The van der Waals surface area contributed by atoms with Gasteiger partial charge in [-0.3, -0.25) is 18.5 Å². The van der Waals surface area contributed by atoms with Crippen LogP contribution in [0.4, 0.5) is 5.95 Å². The molecule has 1 aliphatic rings. The van der Waals surface area contributed by atoms with Crippen LogP contribution in [-0.4, -0.2) is 36.3 Å². The minimum absolute atomic E-state index is 0.333. The molecule has 0 spiro atoms. The van der Waals surface area contributed by atoms with Crippen molar-refractivity contribution in [3.8, 4) is 0 Å². The summed E-state index contributed by atoms with van der Waals surface area (Å²) in [4.78, 5) is 28.9. The first-order valence-electron chi connectivity index (χ1n) is 6.49. The van der Waals surface area contributed by atoms with Gasteiger partial charge in [0, 0.05) is 19.4 Å². The third kappa shape index (κ3) is 1.95. The number of hydrogen-bond donors (Lipinski definition) is 0. The van der Waals surface area contributed by atoms with Crippen molar-refractivity contribution in [2.24, 2.45) is 19.2 Å². The number of alkyl halides is 1. The average molecular weight is 355 g/mol. The Bertz CT molecular complexity index is 874. The number of nitrogens with zero attached hydrogens (tertiary/aromatic N) is 6. The van der Waals surface area contributed by atoms with E-state index < -0.39 is 0 Å². The van der Waals surface area contributed by atoms with Crippen LogP contribution in [-0.2, 0) is 20.6 Å². The number of aryl methyl sites for hydroxylation is 1. The quantitative estimate of drug-likeness (QED) is 0.712. The Labute approximate surface area is 128 Å². The highest BCUT2D eigenvalue weighted by Gasteiger charge is 2.25. The predicted octanol–water partition coefficient (Wildman–Crippen LogP) is 0.0245. The fourth-order valence-electron chi connectivity index (χ4n) is 2.52. The van der Waals surface area contributed by atoms with E-state index in [4.69, 9.17) is 0 Å². The molecule has 0 N–H and O–H groups in total. The summed E-state index contributed by atoms with van der Waals surface area (Å²) in [7, 11) is 3.09. The van der Waals surface area contributed by atoms with Crippen molar-refractivity contribution >= 4 is 38.8 Å². The Balaban J connectivity index is 2.40. The van der Waals surface area contributed by atoms with Crippen LogP contribution in [0.5, 0.6) is 0 Å². The molecule has 1 aliphatic heterocycles. The number of hydrogen-bond acceptors (Lipinski definition) is 5. The summed E-state index contributed by atoms with van der Waals surface area (Å²) in [5.41, 5.74) is 0.998. The largest absolute Gasteiger partial charge is 0.332 e. The number of anilines is 1. The average Bonchev–Trinajstić information content (AvgIpc) is 2.82. The number of aromatic nitrogens is 4. The van der Waals surface area contributed by atoms with E-state index in [-0.39, 0.29) is 11.2 Å². The summed E-state index contributed by atoms with van der Waals surface area (Å²) in [6, 6.07) is 0. The highest BCUT2D eigenvalue weighted by Crippen LogP contribution is 2.23. The summed E-state index contributed by atoms with van der Waals surface area (Å²) < 4.78 is 4.32. The molecular weight excluding hydrogens is 340 g/mol. The van der Waals surface area contributed by atoms with E-state index in [1.807, 2.05) is 11.5 Å². The Morgan fingerprint density at radius 2 is 1.95 bits per heavy atom. The number of hydrazone groups is 1. The lowest BCUT2D eigenvalue weighted by molar-refractivity contribution is 0.701. The third-order valence-corrected chi connectivity index (χ3v) is 3.89. The van der Waals surface area contributed by atoms with Crippen LogP contribution in [0, 0.1) is 0 Å². The Hall–Kier alpha value is -1.90. The van der Waals surface area contributed by atoms with Crippen LogP contribution < -0.4 is 16.3 Å². The lowest BCUT2D eigenvalue weighted by Gasteiger charge is -2.24. The zero-order valence-corrected chi connectivity index (χ0v) is 13.6. The van der Waals surface area contributed by atoms with Gasteiger partial charge in [0.1, 0.15) is 0 Å². The van der Waals surface area contributed by atoms with E-state index in [2.05, 4.69) is 26.0 Å². The first-order valence-corrected chi connectivity index (χ1v) is 7.61. The molecule has 0 unspecified atom stereocenters. The molecule has 0 amide bonds. The first kappa shape index (κ1) is 14.1. The van der Waals surface area contributed by atoms with Crippen molar-refractivity contribution < 1.29 is 0 Å². The fraction of sp³-hybridized carbons (Fsp3) is 0.500. The summed E-state index contributed by atoms with van der Waals surface area (Å²) >= 11 is 3.38. The highest BCUT2D eigenvalue weighted by atomic mass is 79.9. The van der Waals surface area contributed by atoms with Gasteiger partial charge in [-0.25, -0.2) is 9.80 Å². The van der Waals surface area contributed by atoms with Crippen LogP contribution >= 0.6 is 15.9 Å². The molecule has 2 aromatic rings. The first-order chi connectivity index (χ1) is 9.95. The van der Waals surface area contributed by atoms with Crippen LogP contribution in [0.1, 0.15) is 6.92 Å². The van der Waals surface area contributed by atoms with Crippen LogP contribution in [0.25, 0.3) is 11.2 Å². The molecule has 0 fully saturated rings. The van der Waals surface area contributed by atoms with Gasteiger partial charge >= 0.3 is 5.69 Å². The third-order valence-electron chi connectivity index (χ3n) is 3.53. The molecule has 2 aromatic heterocycles. The van der Waals surface area contributed by atoms with Crippen LogP contribution in [0.15, 0.2) is 14.7 Å². The second kappa shape index (κ2) is 4.83. The number of imidazole rings is 1. The Morgan fingerprint density at radius 1 is 1.24 bits per heavy atom. The normalized spacial score (nSPS) is 14.5. The minimum Gasteiger partial charge on any atom is -0.297 e. The van der Waals surface area contributed by atoms with Crippen molar-refractivity contribution in [3.63, 3.8) is 0 Å². The lowest BCUT2D eigenvalue weighted by atomic mass is 10.4. The number of fused-ring (bicyclic) bond motifs is 3. The minimum atomic E-state index is -0.382. The molecule has 0 atom stereocenters. The molecule has 0 aliphatic carbocycles. The van der Waals surface area contributed by atoms with E-state index in [9.17, 15) is 9.59 Å². The number of halogens is 1. The second-order valence-electron chi connectivity index (χ2n) is 5.02. The van der Waals surface area contributed by atoms with E-state index in [1.54, 1.807) is 12.1 Å². The Morgan fingerprint density at radius 3 is 2.62 bits per heavy atom. The lowest BCUT2D eigenvalue weighted by Crippen LogP contribution is -2.38. The molecule has 9 heteroatoms. The van der Waals surface area contributed by atoms with E-state index in [1.165, 1.54) is 11.6 Å². The van der Waals surface area contributed by atoms with E-state index in [0.29, 0.717) is 30.2 Å². The van der Waals surface area contributed by atoms with Gasteiger partial charge in [-0.15, -0.1) is 0 Å². The Kier molecular flexibility index (Phi) is 3.23. The molecule has 0 saturated heterocycles. The van der Waals surface area contributed by atoms with Crippen molar-refractivity contribution in [3.05, 3.63) is 20.8 Å². The maximum Gasteiger partial charge on any atom is 0.332 e. The van der Waals surface area contributed by atoms with Crippen molar-refractivity contribution in [1.29, 1.82) is 0 Å². The fourth-order valence-corrected chi connectivity index (χ4v) is 2.86. The van der Waals surface area contributed by atoms with Gasteiger partial charge in [-0.2, -0.15) is 10.1 Å².